The van der Waals surface area contributed by atoms with Crippen LogP contribution < -0.4 is 0 Å². The number of halogens is 7. The first-order valence-corrected chi connectivity index (χ1v) is 8.03. The van der Waals surface area contributed by atoms with E-state index in [1.54, 1.807) is 0 Å². The summed E-state index contributed by atoms with van der Waals surface area (Å²) in [5, 5.41) is 3.41. The zero-order valence-electron chi connectivity index (χ0n) is 14.5. The van der Waals surface area contributed by atoms with Crippen LogP contribution >= 0.6 is 0 Å². The van der Waals surface area contributed by atoms with Gasteiger partial charge in [0, 0.05) is 11.1 Å². The maximum atomic E-state index is 13.8. The quantitative estimate of drug-likeness (QED) is 0.142. The molecule has 3 rings (SSSR count). The van der Waals surface area contributed by atoms with Crippen LogP contribution in [0.1, 0.15) is 21.5 Å². The van der Waals surface area contributed by atoms with Crippen LogP contribution in [-0.2, 0) is 4.84 Å². The maximum Gasteiger partial charge on any atom is 0.371 e. The summed E-state index contributed by atoms with van der Waals surface area (Å²) in [6, 6.07) is 8.96. The van der Waals surface area contributed by atoms with Crippen molar-refractivity contribution in [2.45, 2.75) is 0 Å². The van der Waals surface area contributed by atoms with Crippen LogP contribution in [0.3, 0.4) is 0 Å². The molecule has 0 aromatic heterocycles. The normalized spacial score (nSPS) is 10.6. The minimum absolute atomic E-state index is 0.146. The van der Waals surface area contributed by atoms with Crippen molar-refractivity contribution in [2.24, 2.45) is 5.16 Å². The van der Waals surface area contributed by atoms with Gasteiger partial charge in [-0.15, -0.1) is 0 Å². The highest BCUT2D eigenvalue weighted by molar-refractivity contribution is 6.12. The van der Waals surface area contributed by atoms with Gasteiger partial charge in [-0.2, -0.15) is 0 Å². The van der Waals surface area contributed by atoms with Crippen molar-refractivity contribution in [1.29, 1.82) is 0 Å². The van der Waals surface area contributed by atoms with Gasteiger partial charge in [0.1, 0.15) is 22.9 Å². The van der Waals surface area contributed by atoms with E-state index in [-0.39, 0.29) is 16.8 Å². The number of hydrogen-bond acceptors (Lipinski definition) is 3. The molecule has 154 valence electrons. The Balaban J connectivity index is 2.04. The molecule has 0 aliphatic rings. The fourth-order valence-electron chi connectivity index (χ4n) is 2.40. The Labute approximate surface area is 164 Å². The summed E-state index contributed by atoms with van der Waals surface area (Å²) >= 11 is 0. The van der Waals surface area contributed by atoms with E-state index in [1.807, 2.05) is 0 Å². The highest BCUT2D eigenvalue weighted by atomic mass is 19.2. The zero-order valence-corrected chi connectivity index (χ0v) is 14.5. The highest BCUT2D eigenvalue weighted by Gasteiger charge is 2.31. The molecule has 30 heavy (non-hydrogen) atoms. The van der Waals surface area contributed by atoms with Crippen molar-refractivity contribution in [2.75, 3.05) is 0 Å². The molecule has 0 N–H and O–H groups in total. The monoisotopic (exact) mass is 427 g/mol. The summed E-state index contributed by atoms with van der Waals surface area (Å²) in [5.41, 5.74) is -1.75. The van der Waals surface area contributed by atoms with E-state index in [2.05, 4.69) is 9.99 Å². The lowest BCUT2D eigenvalue weighted by Gasteiger charge is -2.08. The number of benzene rings is 3. The molecule has 3 aromatic carbocycles. The number of rotatable bonds is 4. The number of carbonyl (C=O) groups excluding carboxylic acids is 1. The van der Waals surface area contributed by atoms with Crippen LogP contribution in [0.25, 0.3) is 0 Å². The van der Waals surface area contributed by atoms with Gasteiger partial charge in [0.05, 0.1) is 0 Å². The van der Waals surface area contributed by atoms with Crippen molar-refractivity contribution < 1.29 is 40.4 Å². The summed E-state index contributed by atoms with van der Waals surface area (Å²) in [5.74, 6) is -15.1. The third-order valence-electron chi connectivity index (χ3n) is 3.87. The molecule has 10 heteroatoms. The fraction of sp³-hybridized carbons (Fsp3) is 0. The zero-order chi connectivity index (χ0) is 22.0. The molecular weight excluding hydrogens is 419 g/mol. The van der Waals surface area contributed by atoms with Crippen molar-refractivity contribution in [3.8, 4) is 0 Å². The van der Waals surface area contributed by atoms with Gasteiger partial charge in [0.25, 0.3) is 0 Å². The molecule has 0 amide bonds. The molecule has 0 aliphatic heterocycles. The molecule has 0 heterocycles. The number of oxime groups is 1. The van der Waals surface area contributed by atoms with Crippen LogP contribution in [0, 0.1) is 40.7 Å². The molecule has 0 bridgehead atoms. The third-order valence-corrected chi connectivity index (χ3v) is 3.87. The Morgan fingerprint density at radius 2 is 0.967 bits per heavy atom. The molecule has 0 fully saturated rings. The van der Waals surface area contributed by atoms with Gasteiger partial charge in [-0.05, 0) is 48.5 Å². The first-order chi connectivity index (χ1) is 14.2. The second kappa shape index (κ2) is 8.36. The lowest BCUT2D eigenvalue weighted by atomic mass is 10.0. The molecule has 3 aromatic rings. The van der Waals surface area contributed by atoms with Gasteiger partial charge in [0.15, 0.2) is 23.3 Å². The molecule has 0 radical (unpaired) electrons. The molecule has 0 saturated heterocycles. The first-order valence-electron chi connectivity index (χ1n) is 8.03. The average Bonchev–Trinajstić information content (AvgIpc) is 2.73. The minimum atomic E-state index is -2.44. The van der Waals surface area contributed by atoms with Crippen LogP contribution in [0.5, 0.6) is 0 Å². The second-order valence-corrected chi connectivity index (χ2v) is 5.78. The fourth-order valence-corrected chi connectivity index (χ4v) is 2.40. The molecule has 0 spiro atoms. The van der Waals surface area contributed by atoms with E-state index >= 15 is 0 Å². The Morgan fingerprint density at radius 1 is 0.600 bits per heavy atom. The summed E-state index contributed by atoms with van der Waals surface area (Å²) in [7, 11) is 0. The van der Waals surface area contributed by atoms with Gasteiger partial charge < -0.3 is 4.84 Å². The van der Waals surface area contributed by atoms with Gasteiger partial charge >= 0.3 is 5.97 Å². The van der Waals surface area contributed by atoms with Crippen molar-refractivity contribution in [3.05, 3.63) is 106 Å². The van der Waals surface area contributed by atoms with E-state index in [1.165, 1.54) is 24.3 Å². The van der Waals surface area contributed by atoms with Crippen LogP contribution in [0.15, 0.2) is 53.7 Å². The molecule has 0 saturated carbocycles. The predicted molar refractivity (Wildman–Crippen MR) is 90.1 cm³/mol. The lowest BCUT2D eigenvalue weighted by Crippen LogP contribution is -2.15. The van der Waals surface area contributed by atoms with Crippen LogP contribution in [-0.4, -0.2) is 11.7 Å². The molecular formula is C20H8F7NO2. The van der Waals surface area contributed by atoms with E-state index in [0.717, 1.165) is 24.3 Å². The predicted octanol–water partition coefficient (Wildman–Crippen LogP) is 5.27. The minimum Gasteiger partial charge on any atom is -0.312 e. The molecule has 0 unspecified atom stereocenters. The van der Waals surface area contributed by atoms with Gasteiger partial charge in [0.2, 0.25) is 5.82 Å². The third kappa shape index (κ3) is 4.02. The Kier molecular flexibility index (Phi) is 5.86. The molecule has 3 nitrogen and oxygen atoms in total. The van der Waals surface area contributed by atoms with Crippen LogP contribution in [0.2, 0.25) is 0 Å². The largest absolute Gasteiger partial charge is 0.371 e. The SMILES string of the molecule is O=C(ON=C(c1ccc(F)cc1)c1ccc(F)cc1)c1c(F)c(F)c(F)c(F)c1F. The smallest absolute Gasteiger partial charge is 0.312 e. The second-order valence-electron chi connectivity index (χ2n) is 5.78. The van der Waals surface area contributed by atoms with Crippen molar-refractivity contribution >= 4 is 11.7 Å². The first kappa shape index (κ1) is 21.0. The summed E-state index contributed by atoms with van der Waals surface area (Å²) < 4.78 is 93.6. The number of nitrogens with zero attached hydrogens (tertiary/aromatic N) is 1. The summed E-state index contributed by atoms with van der Waals surface area (Å²) in [4.78, 5) is 16.4. The van der Waals surface area contributed by atoms with Gasteiger partial charge in [-0.1, -0.05) is 5.16 Å². The van der Waals surface area contributed by atoms with E-state index in [4.69, 9.17) is 0 Å². The van der Waals surface area contributed by atoms with Gasteiger partial charge in [-0.3, -0.25) is 0 Å². The average molecular weight is 427 g/mol. The molecule has 0 aliphatic carbocycles. The van der Waals surface area contributed by atoms with E-state index < -0.39 is 52.3 Å². The maximum absolute atomic E-state index is 13.8. The number of hydrogen-bond donors (Lipinski definition) is 0. The standard InChI is InChI=1S/C20H8F7NO2/c21-11-5-1-9(2-6-11)19(10-3-7-12(22)8-4-10)28-30-20(29)13-14(23)16(25)18(27)17(26)15(13)24/h1-8H. The van der Waals surface area contributed by atoms with Crippen molar-refractivity contribution in [3.63, 3.8) is 0 Å². The van der Waals surface area contributed by atoms with Gasteiger partial charge in [-0.25, -0.2) is 35.5 Å². The lowest BCUT2D eigenvalue weighted by molar-refractivity contribution is 0.0502. The highest BCUT2D eigenvalue weighted by Crippen LogP contribution is 2.24. The Morgan fingerprint density at radius 3 is 1.37 bits per heavy atom. The summed E-state index contributed by atoms with van der Waals surface area (Å²) in [6.45, 7) is 0. The number of carbonyl (C=O) groups is 1. The van der Waals surface area contributed by atoms with Crippen molar-refractivity contribution in [1.82, 2.24) is 0 Å². The molecule has 0 atom stereocenters. The Hall–Kier alpha value is -3.69. The van der Waals surface area contributed by atoms with E-state index in [9.17, 15) is 35.5 Å². The Bertz CT molecular complexity index is 1070. The van der Waals surface area contributed by atoms with Crippen LogP contribution in [0.4, 0.5) is 30.7 Å². The topological polar surface area (TPSA) is 38.7 Å². The van der Waals surface area contributed by atoms with E-state index in [0.29, 0.717) is 0 Å². The summed E-state index contributed by atoms with van der Waals surface area (Å²) in [6.07, 6.45) is 0.